The first-order chi connectivity index (χ1) is 28.5. The Hall–Kier alpha value is -2.89. The molecule has 6 nitrogen and oxygen atoms in total. The lowest BCUT2D eigenvalue weighted by molar-refractivity contribution is -0.167. The van der Waals surface area contributed by atoms with E-state index < -0.39 is 6.10 Å². The number of hydrogen-bond acceptors (Lipinski definition) is 6. The Kier molecular flexibility index (Phi) is 44.5. The van der Waals surface area contributed by atoms with Crippen LogP contribution in [-0.2, 0) is 28.6 Å². The summed E-state index contributed by atoms with van der Waals surface area (Å²) in [6, 6.07) is 0. The molecule has 0 amide bonds. The van der Waals surface area contributed by atoms with Gasteiger partial charge in [0.15, 0.2) is 6.10 Å². The van der Waals surface area contributed by atoms with Crippen molar-refractivity contribution in [2.45, 2.75) is 239 Å². The Bertz CT molecular complexity index is 1070. The molecular weight excluding hydrogens is 721 g/mol. The van der Waals surface area contributed by atoms with Crippen LogP contribution in [0.1, 0.15) is 233 Å². The van der Waals surface area contributed by atoms with Crippen LogP contribution in [0.4, 0.5) is 0 Å². The second-order valence-electron chi connectivity index (χ2n) is 16.0. The van der Waals surface area contributed by atoms with E-state index in [2.05, 4.69) is 81.5 Å². The van der Waals surface area contributed by atoms with Crippen LogP contribution in [0.25, 0.3) is 0 Å². The molecule has 0 N–H and O–H groups in total. The number of esters is 3. The Morgan fingerprint density at radius 2 is 0.672 bits per heavy atom. The van der Waals surface area contributed by atoms with Crippen molar-refractivity contribution in [1.82, 2.24) is 0 Å². The first-order valence-electron chi connectivity index (χ1n) is 24.3. The van der Waals surface area contributed by atoms with E-state index in [1.54, 1.807) is 0 Å². The quantitative estimate of drug-likeness (QED) is 0.0264. The van der Waals surface area contributed by atoms with E-state index in [1.807, 2.05) is 0 Å². The monoisotopic (exact) mass is 811 g/mol. The molecule has 334 valence electrons. The SMILES string of the molecule is CC/C=C\C/C=C\C/C=C\C/C=C\CCCCCCCCC(=O)OCC(COC(=O)CCCCCCCCCC)OC(=O)CCCCCCC/C=C\CCCCCC. The van der Waals surface area contributed by atoms with E-state index >= 15 is 0 Å². The molecule has 1 unspecified atom stereocenters. The standard InChI is InChI=1S/C52H90O6/c1-4-7-10-13-16-19-21-23-24-25-26-27-28-30-31-33-36-39-42-45-51(54)57-48-49(47-56-50(53)44-41-38-35-18-15-12-9-6-3)58-52(55)46-43-40-37-34-32-29-22-20-17-14-11-8-5-2/h7,10,16,19-20,22-24,26-27,49H,4-6,8-9,11-15,17-18,21,25,28-48H2,1-3H3/b10-7-,19-16-,22-20-,24-23-,27-26-. The molecule has 0 aromatic heterocycles. The number of allylic oxidation sites excluding steroid dienone is 10. The number of hydrogen-bond donors (Lipinski definition) is 0. The molecule has 0 rings (SSSR count). The van der Waals surface area contributed by atoms with Gasteiger partial charge in [-0.3, -0.25) is 14.4 Å². The van der Waals surface area contributed by atoms with Crippen LogP contribution >= 0.6 is 0 Å². The van der Waals surface area contributed by atoms with E-state index in [1.165, 1.54) is 89.9 Å². The van der Waals surface area contributed by atoms with E-state index in [-0.39, 0.29) is 31.1 Å². The van der Waals surface area contributed by atoms with Gasteiger partial charge in [0.2, 0.25) is 0 Å². The molecular formula is C52H90O6. The Morgan fingerprint density at radius 1 is 0.362 bits per heavy atom. The lowest BCUT2D eigenvalue weighted by Gasteiger charge is -2.18. The highest BCUT2D eigenvalue weighted by atomic mass is 16.6. The molecule has 0 aliphatic carbocycles. The lowest BCUT2D eigenvalue weighted by Crippen LogP contribution is -2.30. The van der Waals surface area contributed by atoms with Crippen molar-refractivity contribution in [3.8, 4) is 0 Å². The van der Waals surface area contributed by atoms with Crippen molar-refractivity contribution in [2.24, 2.45) is 0 Å². The highest BCUT2D eigenvalue weighted by molar-refractivity contribution is 5.71. The summed E-state index contributed by atoms with van der Waals surface area (Å²) < 4.78 is 16.7. The van der Waals surface area contributed by atoms with Crippen LogP contribution in [0.5, 0.6) is 0 Å². The summed E-state index contributed by atoms with van der Waals surface area (Å²) in [6.07, 6.45) is 56.3. The van der Waals surface area contributed by atoms with E-state index in [0.717, 1.165) is 103 Å². The van der Waals surface area contributed by atoms with Gasteiger partial charge in [0.05, 0.1) is 0 Å². The molecule has 0 heterocycles. The highest BCUT2D eigenvalue weighted by Crippen LogP contribution is 2.14. The number of carbonyl (C=O) groups is 3. The zero-order valence-corrected chi connectivity index (χ0v) is 38.0. The summed E-state index contributed by atoms with van der Waals surface area (Å²) in [5.41, 5.74) is 0. The first-order valence-corrected chi connectivity index (χ1v) is 24.3. The zero-order chi connectivity index (χ0) is 42.3. The summed E-state index contributed by atoms with van der Waals surface area (Å²) in [6.45, 7) is 6.46. The van der Waals surface area contributed by atoms with E-state index in [4.69, 9.17) is 14.2 Å². The largest absolute Gasteiger partial charge is 0.462 e. The minimum absolute atomic E-state index is 0.0814. The van der Waals surface area contributed by atoms with Crippen molar-refractivity contribution in [2.75, 3.05) is 13.2 Å². The predicted molar refractivity (Wildman–Crippen MR) is 247 cm³/mol. The number of ether oxygens (including phenoxy) is 3. The number of carbonyl (C=O) groups excluding carboxylic acids is 3. The second-order valence-corrected chi connectivity index (χ2v) is 16.0. The maximum Gasteiger partial charge on any atom is 0.306 e. The Morgan fingerprint density at radius 3 is 1.09 bits per heavy atom. The van der Waals surface area contributed by atoms with Gasteiger partial charge in [-0.1, -0.05) is 191 Å². The van der Waals surface area contributed by atoms with Crippen LogP contribution in [-0.4, -0.2) is 37.2 Å². The fourth-order valence-corrected chi connectivity index (χ4v) is 6.60. The molecule has 58 heavy (non-hydrogen) atoms. The molecule has 0 bridgehead atoms. The van der Waals surface area contributed by atoms with E-state index in [0.29, 0.717) is 19.3 Å². The molecule has 0 saturated heterocycles. The molecule has 0 radical (unpaired) electrons. The van der Waals surface area contributed by atoms with Crippen LogP contribution in [0.3, 0.4) is 0 Å². The molecule has 0 aliphatic rings. The molecule has 6 heteroatoms. The van der Waals surface area contributed by atoms with Gasteiger partial charge in [0.1, 0.15) is 13.2 Å². The topological polar surface area (TPSA) is 78.9 Å². The van der Waals surface area contributed by atoms with Gasteiger partial charge in [-0.15, -0.1) is 0 Å². The average Bonchev–Trinajstić information content (AvgIpc) is 3.22. The average molecular weight is 811 g/mol. The molecule has 0 saturated carbocycles. The highest BCUT2D eigenvalue weighted by Gasteiger charge is 2.19. The Labute approximate surface area is 358 Å². The van der Waals surface area contributed by atoms with Gasteiger partial charge in [-0.25, -0.2) is 0 Å². The minimum Gasteiger partial charge on any atom is -0.462 e. The fraction of sp³-hybridized carbons (Fsp3) is 0.750. The second kappa shape index (κ2) is 46.8. The van der Waals surface area contributed by atoms with Crippen LogP contribution < -0.4 is 0 Å². The molecule has 0 fully saturated rings. The van der Waals surface area contributed by atoms with Crippen molar-refractivity contribution in [1.29, 1.82) is 0 Å². The first kappa shape index (κ1) is 55.1. The smallest absolute Gasteiger partial charge is 0.306 e. The maximum absolute atomic E-state index is 12.7. The number of rotatable bonds is 43. The summed E-state index contributed by atoms with van der Waals surface area (Å²) in [5.74, 6) is -0.909. The zero-order valence-electron chi connectivity index (χ0n) is 38.0. The molecule has 0 aromatic carbocycles. The van der Waals surface area contributed by atoms with Crippen LogP contribution in [0, 0.1) is 0 Å². The van der Waals surface area contributed by atoms with Crippen LogP contribution in [0.15, 0.2) is 60.8 Å². The van der Waals surface area contributed by atoms with E-state index in [9.17, 15) is 14.4 Å². The van der Waals surface area contributed by atoms with Gasteiger partial charge < -0.3 is 14.2 Å². The number of unbranched alkanes of at least 4 members (excludes halogenated alkanes) is 22. The third-order valence-electron chi connectivity index (χ3n) is 10.3. The van der Waals surface area contributed by atoms with Gasteiger partial charge in [0, 0.05) is 19.3 Å². The lowest BCUT2D eigenvalue weighted by atomic mass is 10.1. The third-order valence-corrected chi connectivity index (χ3v) is 10.3. The van der Waals surface area contributed by atoms with Crippen molar-refractivity contribution >= 4 is 17.9 Å². The minimum atomic E-state index is -0.780. The summed E-state index contributed by atoms with van der Waals surface area (Å²) in [7, 11) is 0. The van der Waals surface area contributed by atoms with Crippen molar-refractivity contribution in [3.05, 3.63) is 60.8 Å². The van der Waals surface area contributed by atoms with Crippen LogP contribution in [0.2, 0.25) is 0 Å². The fourth-order valence-electron chi connectivity index (χ4n) is 6.60. The maximum atomic E-state index is 12.7. The van der Waals surface area contributed by atoms with Gasteiger partial charge >= 0.3 is 17.9 Å². The predicted octanol–water partition coefficient (Wildman–Crippen LogP) is 15.7. The normalized spacial score (nSPS) is 12.5. The van der Waals surface area contributed by atoms with Gasteiger partial charge in [-0.05, 0) is 83.5 Å². The Balaban J connectivity index is 4.33. The molecule has 1 atom stereocenters. The molecule has 0 spiro atoms. The summed E-state index contributed by atoms with van der Waals surface area (Å²) >= 11 is 0. The van der Waals surface area contributed by atoms with Crippen molar-refractivity contribution in [3.63, 3.8) is 0 Å². The van der Waals surface area contributed by atoms with Gasteiger partial charge in [0.25, 0.3) is 0 Å². The third kappa shape index (κ3) is 44.2. The molecule has 0 aliphatic heterocycles. The summed E-state index contributed by atoms with van der Waals surface area (Å²) in [4.78, 5) is 37.7. The molecule has 0 aromatic rings. The van der Waals surface area contributed by atoms with Gasteiger partial charge in [-0.2, -0.15) is 0 Å². The van der Waals surface area contributed by atoms with Crippen molar-refractivity contribution < 1.29 is 28.6 Å². The summed E-state index contributed by atoms with van der Waals surface area (Å²) in [5, 5.41) is 0.